The number of carbonyl (C=O) groups excluding carboxylic acids is 1. The van der Waals surface area contributed by atoms with Crippen LogP contribution in [0.2, 0.25) is 10.0 Å². The summed E-state index contributed by atoms with van der Waals surface area (Å²) in [7, 11) is 1.71. The van der Waals surface area contributed by atoms with Crippen molar-refractivity contribution in [1.29, 1.82) is 0 Å². The van der Waals surface area contributed by atoms with Gasteiger partial charge in [0.05, 0.1) is 24.6 Å². The van der Waals surface area contributed by atoms with Crippen LogP contribution in [0.25, 0.3) is 10.8 Å². The summed E-state index contributed by atoms with van der Waals surface area (Å²) in [5, 5.41) is 9.89. The molecular weight excluding hydrogens is 577 g/mol. The van der Waals surface area contributed by atoms with Gasteiger partial charge in [0, 0.05) is 63.5 Å². The van der Waals surface area contributed by atoms with Gasteiger partial charge in [-0.15, -0.1) is 0 Å². The second-order valence-corrected chi connectivity index (χ2v) is 11.0. The third kappa shape index (κ3) is 5.48. The number of ether oxygens (including phenoxy) is 1. The molecule has 1 amide bonds. The second kappa shape index (κ2) is 11.7. The summed E-state index contributed by atoms with van der Waals surface area (Å²) in [6.07, 6.45) is -1.00. The molecule has 4 aromatic rings. The number of aliphatic imine (C=N–C) groups is 1. The van der Waals surface area contributed by atoms with Crippen LogP contribution in [0, 0.1) is 0 Å². The minimum absolute atomic E-state index is 0.271. The van der Waals surface area contributed by atoms with Crippen molar-refractivity contribution in [2.24, 2.45) is 4.99 Å². The van der Waals surface area contributed by atoms with E-state index in [0.717, 1.165) is 35.2 Å². The Bertz CT molecular complexity index is 1690. The number of benzodiazepines with no additional fused rings is 1. The van der Waals surface area contributed by atoms with Crippen molar-refractivity contribution in [1.82, 2.24) is 5.32 Å². The summed E-state index contributed by atoms with van der Waals surface area (Å²) in [6, 6.07) is 25.0. The Morgan fingerprint density at radius 2 is 1.63 bits per heavy atom. The van der Waals surface area contributed by atoms with Crippen LogP contribution in [0.15, 0.2) is 83.9 Å². The predicted molar refractivity (Wildman–Crippen MR) is 172 cm³/mol. The number of thiocarbonyl (C=S) groups is 1. The van der Waals surface area contributed by atoms with Gasteiger partial charge in [0.1, 0.15) is 0 Å². The molecule has 0 bridgehead atoms. The standard InChI is InChI=1S/C31H27Cl2N5O2S/c1-37-26-12-10-19(32)18-23(26)28(22-8-4-5-9-24(22)33)35-29(30(37)39)36-31(41)34-25-11-13-27(38-14-16-40-17-15-38)21-7-3-2-6-20(21)25/h2-13,18,29H,14-17H2,1H3,(H2,34,36,41). The Morgan fingerprint density at radius 1 is 0.927 bits per heavy atom. The molecule has 41 heavy (non-hydrogen) atoms. The van der Waals surface area contributed by atoms with E-state index in [4.69, 9.17) is 45.1 Å². The number of halogens is 2. The van der Waals surface area contributed by atoms with Gasteiger partial charge in [-0.2, -0.15) is 0 Å². The highest BCUT2D eigenvalue weighted by Gasteiger charge is 2.31. The number of hydrogen-bond donors (Lipinski definition) is 2. The Labute approximate surface area is 253 Å². The van der Waals surface area contributed by atoms with Gasteiger partial charge in [-0.3, -0.25) is 4.79 Å². The lowest BCUT2D eigenvalue weighted by molar-refractivity contribution is -0.119. The fraction of sp³-hybridized carbons (Fsp3) is 0.194. The summed E-state index contributed by atoms with van der Waals surface area (Å²) in [5.74, 6) is -0.271. The van der Waals surface area contributed by atoms with Gasteiger partial charge in [0.25, 0.3) is 5.91 Å². The van der Waals surface area contributed by atoms with Gasteiger partial charge in [-0.05, 0) is 48.6 Å². The van der Waals surface area contributed by atoms with Gasteiger partial charge >= 0.3 is 0 Å². The van der Waals surface area contributed by atoms with Crippen molar-refractivity contribution in [2.45, 2.75) is 6.17 Å². The maximum atomic E-state index is 13.7. The molecule has 7 nitrogen and oxygen atoms in total. The van der Waals surface area contributed by atoms with Crippen LogP contribution in [-0.4, -0.2) is 56.2 Å². The quantitative estimate of drug-likeness (QED) is 0.274. The third-order valence-electron chi connectivity index (χ3n) is 7.30. The molecule has 2 aliphatic rings. The van der Waals surface area contributed by atoms with Crippen molar-refractivity contribution in [3.05, 3.63) is 100 Å². The smallest absolute Gasteiger partial charge is 0.272 e. The van der Waals surface area contributed by atoms with Crippen molar-refractivity contribution in [3.63, 3.8) is 0 Å². The topological polar surface area (TPSA) is 69.2 Å². The molecule has 1 unspecified atom stereocenters. The van der Waals surface area contributed by atoms with Gasteiger partial charge < -0.3 is 25.2 Å². The van der Waals surface area contributed by atoms with E-state index < -0.39 is 6.17 Å². The van der Waals surface area contributed by atoms with E-state index in [1.165, 1.54) is 0 Å². The van der Waals surface area contributed by atoms with Gasteiger partial charge in [-0.25, -0.2) is 4.99 Å². The minimum Gasteiger partial charge on any atom is -0.378 e. The molecule has 10 heteroatoms. The van der Waals surface area contributed by atoms with E-state index in [9.17, 15) is 4.79 Å². The molecule has 1 atom stereocenters. The normalized spacial score (nSPS) is 17.1. The summed E-state index contributed by atoms with van der Waals surface area (Å²) in [5.41, 5.74) is 4.59. The Kier molecular flexibility index (Phi) is 7.81. The average molecular weight is 605 g/mol. The first-order valence-corrected chi connectivity index (χ1v) is 14.4. The van der Waals surface area contributed by atoms with Gasteiger partial charge in [-0.1, -0.05) is 65.7 Å². The summed E-state index contributed by atoms with van der Waals surface area (Å²) in [4.78, 5) is 22.4. The molecule has 208 valence electrons. The van der Waals surface area contributed by atoms with Crippen molar-refractivity contribution in [2.75, 3.05) is 48.5 Å². The Hall–Kier alpha value is -3.69. The first-order valence-electron chi connectivity index (χ1n) is 13.2. The van der Waals surface area contributed by atoms with Crippen molar-refractivity contribution < 1.29 is 9.53 Å². The Balaban J connectivity index is 1.33. The highest BCUT2D eigenvalue weighted by Crippen LogP contribution is 2.34. The van der Waals surface area contributed by atoms with E-state index in [0.29, 0.717) is 45.8 Å². The molecule has 2 heterocycles. The van der Waals surface area contributed by atoms with E-state index >= 15 is 0 Å². The van der Waals surface area contributed by atoms with E-state index in [-0.39, 0.29) is 11.0 Å². The largest absolute Gasteiger partial charge is 0.378 e. The predicted octanol–water partition coefficient (Wildman–Crippen LogP) is 6.11. The van der Waals surface area contributed by atoms with Crippen LogP contribution in [-0.2, 0) is 9.53 Å². The van der Waals surface area contributed by atoms with Crippen LogP contribution < -0.4 is 20.4 Å². The molecule has 1 saturated heterocycles. The number of amides is 1. The van der Waals surface area contributed by atoms with E-state index in [1.54, 1.807) is 30.1 Å². The number of rotatable bonds is 4. The zero-order valence-corrected chi connectivity index (χ0v) is 24.6. The molecule has 0 spiro atoms. The lowest BCUT2D eigenvalue weighted by atomic mass is 10.00. The number of anilines is 3. The number of likely N-dealkylation sites (N-methyl/N-ethyl adjacent to an activating group) is 1. The second-order valence-electron chi connectivity index (χ2n) is 9.79. The molecule has 0 aromatic heterocycles. The minimum atomic E-state index is -1.00. The third-order valence-corrected chi connectivity index (χ3v) is 8.08. The SMILES string of the molecule is CN1C(=O)C(NC(=S)Nc2ccc(N3CCOCC3)c3ccccc23)N=C(c2ccccc2Cl)c2cc(Cl)ccc21. The van der Waals surface area contributed by atoms with Crippen molar-refractivity contribution in [3.8, 4) is 0 Å². The molecule has 4 aromatic carbocycles. The first-order chi connectivity index (χ1) is 19.9. The van der Waals surface area contributed by atoms with Gasteiger partial charge in [0.15, 0.2) is 5.11 Å². The summed E-state index contributed by atoms with van der Waals surface area (Å²) < 4.78 is 5.54. The molecular formula is C31H27Cl2N5O2S. The highest BCUT2D eigenvalue weighted by molar-refractivity contribution is 7.80. The van der Waals surface area contributed by atoms with E-state index in [1.807, 2.05) is 42.5 Å². The maximum absolute atomic E-state index is 13.7. The zero-order valence-electron chi connectivity index (χ0n) is 22.2. The fourth-order valence-corrected chi connectivity index (χ4v) is 5.88. The average Bonchev–Trinajstić information content (AvgIpc) is 3.08. The highest BCUT2D eigenvalue weighted by atomic mass is 35.5. The van der Waals surface area contributed by atoms with Crippen LogP contribution in [0.3, 0.4) is 0 Å². The van der Waals surface area contributed by atoms with Crippen LogP contribution in [0.4, 0.5) is 17.1 Å². The molecule has 0 aliphatic carbocycles. The fourth-order valence-electron chi connectivity index (χ4n) is 5.26. The molecule has 1 fully saturated rings. The number of carbonyl (C=O) groups is 1. The van der Waals surface area contributed by atoms with Gasteiger partial charge in [0.2, 0.25) is 6.17 Å². The number of nitrogens with one attached hydrogen (secondary N) is 2. The lowest BCUT2D eigenvalue weighted by Gasteiger charge is -2.30. The zero-order chi connectivity index (χ0) is 28.5. The Morgan fingerprint density at radius 3 is 2.41 bits per heavy atom. The lowest BCUT2D eigenvalue weighted by Crippen LogP contribution is -2.47. The van der Waals surface area contributed by atoms with E-state index in [2.05, 4.69) is 33.7 Å². The van der Waals surface area contributed by atoms with Crippen LogP contribution >= 0.6 is 35.4 Å². The number of benzene rings is 4. The summed E-state index contributed by atoms with van der Waals surface area (Å²) in [6.45, 7) is 3.10. The van der Waals surface area contributed by atoms with Crippen LogP contribution in [0.1, 0.15) is 11.1 Å². The summed E-state index contributed by atoms with van der Waals surface area (Å²) >= 11 is 18.7. The number of morpholine rings is 1. The molecule has 0 saturated carbocycles. The first kappa shape index (κ1) is 27.5. The molecule has 0 radical (unpaired) electrons. The molecule has 2 N–H and O–H groups in total. The van der Waals surface area contributed by atoms with Crippen LogP contribution in [0.5, 0.6) is 0 Å². The molecule has 2 aliphatic heterocycles. The number of fused-ring (bicyclic) bond motifs is 2. The number of hydrogen-bond acceptors (Lipinski definition) is 5. The number of nitrogens with zero attached hydrogens (tertiary/aromatic N) is 3. The maximum Gasteiger partial charge on any atom is 0.272 e. The molecule has 6 rings (SSSR count). The van der Waals surface area contributed by atoms with Crippen molar-refractivity contribution >= 4 is 80.0 Å². The monoisotopic (exact) mass is 603 g/mol.